The molecule has 0 aliphatic rings. The van der Waals surface area contributed by atoms with Crippen molar-refractivity contribution in [2.24, 2.45) is 0 Å². The van der Waals surface area contributed by atoms with E-state index in [1.807, 2.05) is 24.3 Å². The Bertz CT molecular complexity index is 434. The lowest BCUT2D eigenvalue weighted by Gasteiger charge is -2.12. The summed E-state index contributed by atoms with van der Waals surface area (Å²) in [6, 6.07) is 7.12. The Morgan fingerprint density at radius 2 is 2.17 bits per heavy atom. The van der Waals surface area contributed by atoms with Crippen molar-refractivity contribution >= 4 is 23.6 Å². The standard InChI is InChI=1S/C13H17NO3S/c1-3-10-5-4-6-11(7-10)18-8-12(13(16)17)14-9(2)15/h4-7,12H,3,8H2,1-2H3,(H,14,15)(H,16,17). The third kappa shape index (κ3) is 4.79. The van der Waals surface area contributed by atoms with Gasteiger partial charge in [0.15, 0.2) is 0 Å². The molecule has 98 valence electrons. The number of aliphatic carboxylic acids is 1. The second-order valence-electron chi connectivity index (χ2n) is 3.90. The number of thioether (sulfide) groups is 1. The molecule has 0 radical (unpaired) electrons. The lowest BCUT2D eigenvalue weighted by molar-refractivity contribution is -0.140. The number of carbonyl (C=O) groups excluding carboxylic acids is 1. The molecule has 4 nitrogen and oxygen atoms in total. The van der Waals surface area contributed by atoms with Crippen LogP contribution in [0.2, 0.25) is 0 Å². The number of amides is 1. The van der Waals surface area contributed by atoms with Crippen LogP contribution in [-0.2, 0) is 16.0 Å². The highest BCUT2D eigenvalue weighted by Gasteiger charge is 2.18. The fourth-order valence-electron chi connectivity index (χ4n) is 1.45. The molecule has 0 bridgehead atoms. The number of benzene rings is 1. The molecule has 0 saturated carbocycles. The van der Waals surface area contributed by atoms with E-state index < -0.39 is 12.0 Å². The highest BCUT2D eigenvalue weighted by Crippen LogP contribution is 2.20. The number of carbonyl (C=O) groups is 2. The van der Waals surface area contributed by atoms with E-state index in [4.69, 9.17) is 5.11 Å². The number of rotatable bonds is 6. The van der Waals surface area contributed by atoms with Crippen LogP contribution in [0.1, 0.15) is 19.4 Å². The second-order valence-corrected chi connectivity index (χ2v) is 5.00. The first kappa shape index (κ1) is 14.6. The Labute approximate surface area is 111 Å². The lowest BCUT2D eigenvalue weighted by Crippen LogP contribution is -2.41. The molecular weight excluding hydrogens is 250 g/mol. The molecule has 1 aromatic rings. The van der Waals surface area contributed by atoms with Gasteiger partial charge in [-0.3, -0.25) is 4.79 Å². The smallest absolute Gasteiger partial charge is 0.327 e. The Kier molecular flexibility index (Phi) is 5.71. The van der Waals surface area contributed by atoms with Crippen molar-refractivity contribution in [3.05, 3.63) is 29.8 Å². The van der Waals surface area contributed by atoms with Crippen LogP contribution in [0, 0.1) is 0 Å². The van der Waals surface area contributed by atoms with Crippen molar-refractivity contribution in [1.82, 2.24) is 5.32 Å². The van der Waals surface area contributed by atoms with Gasteiger partial charge in [-0.05, 0) is 24.1 Å². The van der Waals surface area contributed by atoms with Gasteiger partial charge < -0.3 is 10.4 Å². The maximum atomic E-state index is 11.0. The van der Waals surface area contributed by atoms with Crippen molar-refractivity contribution in [2.75, 3.05) is 5.75 Å². The predicted octanol–water partition coefficient (Wildman–Crippen LogP) is 1.93. The summed E-state index contributed by atoms with van der Waals surface area (Å²) in [4.78, 5) is 22.9. The summed E-state index contributed by atoms with van der Waals surface area (Å²) >= 11 is 1.43. The fraction of sp³-hybridized carbons (Fsp3) is 0.385. The van der Waals surface area contributed by atoms with E-state index in [2.05, 4.69) is 12.2 Å². The van der Waals surface area contributed by atoms with E-state index in [1.165, 1.54) is 24.2 Å². The molecule has 0 aliphatic heterocycles. The Morgan fingerprint density at radius 3 is 2.72 bits per heavy atom. The Hall–Kier alpha value is -1.49. The number of aryl methyl sites for hydroxylation is 1. The Morgan fingerprint density at radius 1 is 1.44 bits per heavy atom. The number of carboxylic acid groups (broad SMARTS) is 1. The first-order valence-electron chi connectivity index (χ1n) is 5.74. The molecule has 1 aromatic carbocycles. The van der Waals surface area contributed by atoms with Gasteiger partial charge >= 0.3 is 5.97 Å². The molecule has 2 N–H and O–H groups in total. The first-order valence-corrected chi connectivity index (χ1v) is 6.73. The van der Waals surface area contributed by atoms with Crippen LogP contribution in [0.25, 0.3) is 0 Å². The highest BCUT2D eigenvalue weighted by atomic mass is 32.2. The van der Waals surface area contributed by atoms with Crippen molar-refractivity contribution < 1.29 is 14.7 Å². The van der Waals surface area contributed by atoms with E-state index >= 15 is 0 Å². The molecule has 1 unspecified atom stereocenters. The average Bonchev–Trinajstić information content (AvgIpc) is 2.34. The van der Waals surface area contributed by atoms with Crippen LogP contribution >= 0.6 is 11.8 Å². The van der Waals surface area contributed by atoms with Gasteiger partial charge in [0, 0.05) is 17.6 Å². The minimum Gasteiger partial charge on any atom is -0.480 e. The van der Waals surface area contributed by atoms with Gasteiger partial charge in [0.1, 0.15) is 6.04 Å². The van der Waals surface area contributed by atoms with E-state index in [-0.39, 0.29) is 5.91 Å². The summed E-state index contributed by atoms with van der Waals surface area (Å²) < 4.78 is 0. The minimum absolute atomic E-state index is 0.322. The van der Waals surface area contributed by atoms with Crippen LogP contribution in [0.15, 0.2) is 29.2 Å². The molecule has 0 heterocycles. The Balaban J connectivity index is 2.60. The second kappa shape index (κ2) is 7.06. The van der Waals surface area contributed by atoms with Crippen LogP contribution in [-0.4, -0.2) is 28.8 Å². The zero-order valence-electron chi connectivity index (χ0n) is 10.5. The van der Waals surface area contributed by atoms with E-state index in [0.717, 1.165) is 11.3 Å². The number of nitrogens with one attached hydrogen (secondary N) is 1. The zero-order valence-corrected chi connectivity index (χ0v) is 11.3. The van der Waals surface area contributed by atoms with Crippen LogP contribution < -0.4 is 5.32 Å². The quantitative estimate of drug-likeness (QED) is 0.773. The summed E-state index contributed by atoms with van der Waals surface area (Å²) in [5.41, 5.74) is 1.21. The number of carboxylic acids is 1. The fourth-order valence-corrected chi connectivity index (χ4v) is 2.45. The highest BCUT2D eigenvalue weighted by molar-refractivity contribution is 7.99. The van der Waals surface area contributed by atoms with Gasteiger partial charge in [-0.15, -0.1) is 11.8 Å². The third-order valence-corrected chi connectivity index (χ3v) is 3.49. The minimum atomic E-state index is -1.01. The van der Waals surface area contributed by atoms with Crippen molar-refractivity contribution in [2.45, 2.75) is 31.2 Å². The number of hydrogen-bond acceptors (Lipinski definition) is 3. The molecule has 0 spiro atoms. The predicted molar refractivity (Wildman–Crippen MR) is 71.8 cm³/mol. The van der Waals surface area contributed by atoms with Crippen LogP contribution in [0.5, 0.6) is 0 Å². The van der Waals surface area contributed by atoms with Crippen LogP contribution in [0.4, 0.5) is 0 Å². The molecule has 0 aromatic heterocycles. The molecule has 1 rings (SSSR count). The van der Waals surface area contributed by atoms with Crippen molar-refractivity contribution in [3.63, 3.8) is 0 Å². The van der Waals surface area contributed by atoms with Gasteiger partial charge in [-0.25, -0.2) is 4.79 Å². The topological polar surface area (TPSA) is 66.4 Å². The maximum Gasteiger partial charge on any atom is 0.327 e. The lowest BCUT2D eigenvalue weighted by atomic mass is 10.2. The van der Waals surface area contributed by atoms with Gasteiger partial charge in [0.25, 0.3) is 0 Å². The largest absolute Gasteiger partial charge is 0.480 e. The summed E-state index contributed by atoms with van der Waals surface area (Å²) in [5.74, 6) is -1.02. The van der Waals surface area contributed by atoms with Crippen LogP contribution in [0.3, 0.4) is 0 Å². The van der Waals surface area contributed by atoms with Gasteiger partial charge in [-0.2, -0.15) is 0 Å². The molecule has 1 atom stereocenters. The number of hydrogen-bond donors (Lipinski definition) is 2. The summed E-state index contributed by atoms with van der Waals surface area (Å²) in [6.07, 6.45) is 0.947. The first-order chi connectivity index (χ1) is 8.52. The normalized spacial score (nSPS) is 11.9. The van der Waals surface area contributed by atoms with E-state index in [0.29, 0.717) is 5.75 Å². The maximum absolute atomic E-state index is 11.0. The molecule has 1 amide bonds. The van der Waals surface area contributed by atoms with Crippen molar-refractivity contribution in [3.8, 4) is 0 Å². The van der Waals surface area contributed by atoms with Crippen molar-refractivity contribution in [1.29, 1.82) is 0 Å². The van der Waals surface area contributed by atoms with E-state index in [1.54, 1.807) is 0 Å². The average molecular weight is 267 g/mol. The SMILES string of the molecule is CCc1cccc(SCC(NC(C)=O)C(=O)O)c1. The molecule has 5 heteroatoms. The third-order valence-electron chi connectivity index (χ3n) is 2.40. The molecule has 0 saturated heterocycles. The monoisotopic (exact) mass is 267 g/mol. The molecular formula is C13H17NO3S. The van der Waals surface area contributed by atoms with Gasteiger partial charge in [0.05, 0.1) is 0 Å². The summed E-state index contributed by atoms with van der Waals surface area (Å²) in [5, 5.41) is 11.4. The molecule has 0 aliphatic carbocycles. The summed E-state index contributed by atoms with van der Waals surface area (Å²) in [7, 11) is 0. The molecule has 18 heavy (non-hydrogen) atoms. The molecule has 0 fully saturated rings. The van der Waals surface area contributed by atoms with Gasteiger partial charge in [-0.1, -0.05) is 19.1 Å². The summed E-state index contributed by atoms with van der Waals surface area (Å²) in [6.45, 7) is 3.39. The van der Waals surface area contributed by atoms with E-state index in [9.17, 15) is 9.59 Å². The van der Waals surface area contributed by atoms with Gasteiger partial charge in [0.2, 0.25) is 5.91 Å². The zero-order chi connectivity index (χ0) is 13.5.